The van der Waals surface area contributed by atoms with Crippen molar-refractivity contribution in [2.24, 2.45) is 0 Å². The van der Waals surface area contributed by atoms with Crippen molar-refractivity contribution in [1.82, 2.24) is 14.5 Å². The summed E-state index contributed by atoms with van der Waals surface area (Å²) in [6.45, 7) is 0. The molecule has 9 aromatic rings. The van der Waals surface area contributed by atoms with Crippen LogP contribution < -0.4 is 0 Å². The summed E-state index contributed by atoms with van der Waals surface area (Å²) in [5.74, 6) is 0.709. The zero-order valence-electron chi connectivity index (χ0n) is 26.7. The van der Waals surface area contributed by atoms with Crippen LogP contribution in [0.5, 0.6) is 0 Å². The lowest BCUT2D eigenvalue weighted by Crippen LogP contribution is -1.98. The summed E-state index contributed by atoms with van der Waals surface area (Å²) in [6, 6.07) is 66.2. The monoisotopic (exact) mass is 625 g/mol. The van der Waals surface area contributed by atoms with Gasteiger partial charge in [-0.05, 0) is 52.6 Å². The number of benzene rings is 7. The van der Waals surface area contributed by atoms with Crippen LogP contribution in [0.25, 0.3) is 83.6 Å². The van der Waals surface area contributed by atoms with Crippen LogP contribution in [0.2, 0.25) is 0 Å². The van der Waals surface area contributed by atoms with E-state index in [9.17, 15) is 0 Å². The van der Waals surface area contributed by atoms with Gasteiger partial charge in [0.2, 0.25) is 0 Å². The highest BCUT2D eigenvalue weighted by Gasteiger charge is 2.16. The van der Waals surface area contributed by atoms with Gasteiger partial charge in [0.1, 0.15) is 0 Å². The molecule has 3 nitrogen and oxygen atoms in total. The molecule has 0 saturated carbocycles. The lowest BCUT2D eigenvalue weighted by atomic mass is 9.94. The molecular weight excluding hydrogens is 595 g/mol. The van der Waals surface area contributed by atoms with Crippen LogP contribution in [-0.2, 0) is 0 Å². The molecule has 0 saturated heterocycles. The first-order valence-electron chi connectivity index (χ1n) is 16.6. The Kier molecular flexibility index (Phi) is 7.14. The van der Waals surface area contributed by atoms with Crippen molar-refractivity contribution in [1.29, 1.82) is 0 Å². The topological polar surface area (TPSA) is 30.7 Å². The highest BCUT2D eigenvalue weighted by atomic mass is 15.0. The maximum atomic E-state index is 5.12. The largest absolute Gasteiger partial charge is 0.309 e. The van der Waals surface area contributed by atoms with E-state index in [-0.39, 0.29) is 0 Å². The second-order valence-corrected chi connectivity index (χ2v) is 12.2. The molecule has 2 heterocycles. The summed E-state index contributed by atoms with van der Waals surface area (Å²) in [4.78, 5) is 10.1. The number of aromatic nitrogens is 3. The second kappa shape index (κ2) is 12.2. The van der Waals surface area contributed by atoms with Gasteiger partial charge in [-0.2, -0.15) is 0 Å². The van der Waals surface area contributed by atoms with Gasteiger partial charge in [0, 0.05) is 33.2 Å². The third-order valence-corrected chi connectivity index (χ3v) is 9.22. The lowest BCUT2D eigenvalue weighted by molar-refractivity contribution is 1.16. The van der Waals surface area contributed by atoms with E-state index in [1.54, 1.807) is 0 Å². The fourth-order valence-corrected chi connectivity index (χ4v) is 6.89. The molecule has 0 aliphatic rings. The highest BCUT2D eigenvalue weighted by Crippen LogP contribution is 2.38. The minimum atomic E-state index is 0.709. The van der Waals surface area contributed by atoms with Crippen molar-refractivity contribution in [3.8, 4) is 61.8 Å². The van der Waals surface area contributed by atoms with Crippen molar-refractivity contribution in [3.63, 3.8) is 0 Å². The van der Waals surface area contributed by atoms with Crippen LogP contribution in [0.1, 0.15) is 0 Å². The van der Waals surface area contributed by atoms with Gasteiger partial charge in [0.25, 0.3) is 0 Å². The van der Waals surface area contributed by atoms with Crippen LogP contribution >= 0.6 is 0 Å². The Hall–Kier alpha value is -6.58. The van der Waals surface area contributed by atoms with E-state index >= 15 is 0 Å². The average Bonchev–Trinajstić information content (AvgIpc) is 3.52. The van der Waals surface area contributed by atoms with Crippen molar-refractivity contribution in [2.45, 2.75) is 0 Å². The van der Waals surface area contributed by atoms with E-state index in [4.69, 9.17) is 9.97 Å². The first-order valence-corrected chi connectivity index (χ1v) is 16.6. The van der Waals surface area contributed by atoms with Gasteiger partial charge in [0.15, 0.2) is 5.82 Å². The van der Waals surface area contributed by atoms with Gasteiger partial charge >= 0.3 is 0 Å². The van der Waals surface area contributed by atoms with Crippen molar-refractivity contribution >= 4 is 21.8 Å². The predicted molar refractivity (Wildman–Crippen MR) is 204 cm³/mol. The predicted octanol–water partition coefficient (Wildman–Crippen LogP) is 11.9. The third-order valence-electron chi connectivity index (χ3n) is 9.22. The Labute approximate surface area is 285 Å². The Morgan fingerprint density at radius 1 is 0.327 bits per heavy atom. The van der Waals surface area contributed by atoms with Gasteiger partial charge in [-0.3, -0.25) is 0 Å². The number of nitrogens with zero attached hydrogens (tertiary/aromatic N) is 3. The molecule has 230 valence electrons. The fraction of sp³-hybridized carbons (Fsp3) is 0. The molecule has 0 spiro atoms. The summed E-state index contributed by atoms with van der Waals surface area (Å²) in [5, 5.41) is 2.45. The number of rotatable bonds is 6. The van der Waals surface area contributed by atoms with Crippen LogP contribution in [0.4, 0.5) is 0 Å². The van der Waals surface area contributed by atoms with Crippen LogP contribution in [0.15, 0.2) is 188 Å². The van der Waals surface area contributed by atoms with Gasteiger partial charge in [-0.1, -0.05) is 158 Å². The molecular formula is C46H31N3. The fourth-order valence-electron chi connectivity index (χ4n) is 6.89. The van der Waals surface area contributed by atoms with Crippen molar-refractivity contribution in [3.05, 3.63) is 188 Å². The molecule has 2 aromatic heterocycles. The van der Waals surface area contributed by atoms with Crippen molar-refractivity contribution in [2.75, 3.05) is 0 Å². The molecule has 9 rings (SSSR count). The summed E-state index contributed by atoms with van der Waals surface area (Å²) in [7, 11) is 0. The number of hydrogen-bond donors (Lipinski definition) is 0. The van der Waals surface area contributed by atoms with E-state index < -0.39 is 0 Å². The first-order chi connectivity index (χ1) is 24.3. The van der Waals surface area contributed by atoms with Crippen LogP contribution in [0, 0.1) is 0 Å². The quantitative estimate of drug-likeness (QED) is 0.184. The summed E-state index contributed by atoms with van der Waals surface area (Å²) in [6.07, 6.45) is 0. The molecule has 49 heavy (non-hydrogen) atoms. The smallest absolute Gasteiger partial charge is 0.160 e. The minimum absolute atomic E-state index is 0.709. The van der Waals surface area contributed by atoms with Gasteiger partial charge in [-0.15, -0.1) is 0 Å². The maximum Gasteiger partial charge on any atom is 0.160 e. The Morgan fingerprint density at radius 3 is 1.61 bits per heavy atom. The number of fused-ring (bicyclic) bond motifs is 3. The van der Waals surface area contributed by atoms with Gasteiger partial charge in [-0.25, -0.2) is 9.97 Å². The highest BCUT2D eigenvalue weighted by molar-refractivity contribution is 6.10. The lowest BCUT2D eigenvalue weighted by Gasteiger charge is -2.13. The van der Waals surface area contributed by atoms with E-state index in [0.29, 0.717) is 5.82 Å². The van der Waals surface area contributed by atoms with E-state index in [1.165, 1.54) is 38.5 Å². The molecule has 3 heteroatoms. The molecule has 0 aliphatic heterocycles. The Balaban J connectivity index is 1.23. The van der Waals surface area contributed by atoms with Gasteiger partial charge in [0.05, 0.1) is 22.4 Å². The molecule has 0 N–H and O–H groups in total. The molecule has 0 amide bonds. The SMILES string of the molecule is c1ccc(-c2cc(-c3cccc(-n4c5ccccc5c5ccc(-c6ccccc6-c6ccccc6)cc54)c3)nc(-c3ccccc3)n2)cc1. The average molecular weight is 626 g/mol. The molecule has 0 atom stereocenters. The minimum Gasteiger partial charge on any atom is -0.309 e. The summed E-state index contributed by atoms with van der Waals surface area (Å²) < 4.78 is 2.39. The van der Waals surface area contributed by atoms with Crippen LogP contribution in [-0.4, -0.2) is 14.5 Å². The Morgan fingerprint density at radius 2 is 0.878 bits per heavy atom. The summed E-state index contributed by atoms with van der Waals surface area (Å²) in [5.41, 5.74) is 13.1. The van der Waals surface area contributed by atoms with Crippen molar-refractivity contribution < 1.29 is 0 Å². The number of para-hydroxylation sites is 1. The molecule has 7 aromatic carbocycles. The number of hydrogen-bond acceptors (Lipinski definition) is 2. The molecule has 0 unspecified atom stereocenters. The van der Waals surface area contributed by atoms with E-state index in [1.807, 2.05) is 24.3 Å². The second-order valence-electron chi connectivity index (χ2n) is 12.2. The normalized spacial score (nSPS) is 11.3. The van der Waals surface area contributed by atoms with E-state index in [0.717, 1.165) is 39.3 Å². The Bertz CT molecular complexity index is 2530. The molecule has 0 aliphatic carbocycles. The molecule has 0 bridgehead atoms. The van der Waals surface area contributed by atoms with E-state index in [2.05, 4.69) is 168 Å². The third kappa shape index (κ3) is 5.28. The first kappa shape index (κ1) is 28.6. The zero-order chi connectivity index (χ0) is 32.6. The maximum absolute atomic E-state index is 5.12. The van der Waals surface area contributed by atoms with Crippen LogP contribution in [0.3, 0.4) is 0 Å². The van der Waals surface area contributed by atoms with Gasteiger partial charge < -0.3 is 4.57 Å². The molecule has 0 radical (unpaired) electrons. The molecule has 0 fully saturated rings. The standard InChI is InChI=1S/C46H31N3/c1-4-15-32(16-5-1)38-23-10-11-24-39(38)35-27-28-41-40-25-12-13-26-44(40)49(45(41)30-35)37-22-14-21-36(29-37)43-31-42(33-17-6-2-7-18-33)47-46(48-43)34-19-8-3-9-20-34/h1-31H. The summed E-state index contributed by atoms with van der Waals surface area (Å²) >= 11 is 0. The zero-order valence-corrected chi connectivity index (χ0v) is 26.7.